The van der Waals surface area contributed by atoms with Gasteiger partial charge in [-0.25, -0.2) is 9.79 Å². The minimum Gasteiger partial charge on any atom is -0.476 e. The third-order valence-electron chi connectivity index (χ3n) is 1.72. The van der Waals surface area contributed by atoms with Gasteiger partial charge in [0.1, 0.15) is 5.75 Å². The highest BCUT2D eigenvalue weighted by atomic mass is 16.5. The van der Waals surface area contributed by atoms with Crippen molar-refractivity contribution < 1.29 is 14.6 Å². The maximum Gasteiger partial charge on any atom is 0.358 e. The number of aliphatic imine (C=N–C) groups is 1. The van der Waals surface area contributed by atoms with Crippen molar-refractivity contribution in [3.05, 3.63) is 42.3 Å². The first-order chi connectivity index (χ1) is 6.77. The van der Waals surface area contributed by atoms with Crippen LogP contribution in [-0.2, 0) is 4.79 Å². The fourth-order valence-electron chi connectivity index (χ4n) is 1.03. The molecule has 0 saturated heterocycles. The van der Waals surface area contributed by atoms with Gasteiger partial charge in [-0.2, -0.15) is 0 Å². The van der Waals surface area contributed by atoms with Crippen LogP contribution >= 0.6 is 0 Å². The first-order valence-electron chi connectivity index (χ1n) is 4.02. The molecule has 0 saturated carbocycles. The Morgan fingerprint density at radius 2 is 2.00 bits per heavy atom. The highest BCUT2D eigenvalue weighted by Crippen LogP contribution is 2.17. The van der Waals surface area contributed by atoms with Crippen LogP contribution in [0.3, 0.4) is 0 Å². The number of carbonyl (C=O) groups is 1. The Morgan fingerprint density at radius 1 is 1.29 bits per heavy atom. The van der Waals surface area contributed by atoms with E-state index in [1.165, 1.54) is 6.20 Å². The lowest BCUT2D eigenvalue weighted by atomic mass is 10.2. The van der Waals surface area contributed by atoms with Gasteiger partial charge >= 0.3 is 5.97 Å². The van der Waals surface area contributed by atoms with E-state index in [9.17, 15) is 4.79 Å². The second kappa shape index (κ2) is 3.33. The van der Waals surface area contributed by atoms with Gasteiger partial charge in [-0.15, -0.1) is 0 Å². The van der Waals surface area contributed by atoms with E-state index in [0.717, 1.165) is 0 Å². The zero-order valence-corrected chi connectivity index (χ0v) is 7.18. The maximum absolute atomic E-state index is 10.5. The molecule has 14 heavy (non-hydrogen) atoms. The van der Waals surface area contributed by atoms with Crippen molar-refractivity contribution in [2.45, 2.75) is 0 Å². The molecule has 0 fully saturated rings. The van der Waals surface area contributed by atoms with Gasteiger partial charge in [-0.3, -0.25) is 0 Å². The normalized spacial score (nSPS) is 13.7. The van der Waals surface area contributed by atoms with Crippen molar-refractivity contribution in [1.82, 2.24) is 0 Å². The topological polar surface area (TPSA) is 58.9 Å². The number of hydrogen-bond acceptors (Lipinski definition) is 3. The van der Waals surface area contributed by atoms with E-state index < -0.39 is 5.97 Å². The summed E-state index contributed by atoms with van der Waals surface area (Å²) in [7, 11) is 0. The number of carboxylic acids is 1. The number of ether oxygens (including phenoxy) is 1. The van der Waals surface area contributed by atoms with Crippen LogP contribution in [0.1, 0.15) is 0 Å². The van der Waals surface area contributed by atoms with Gasteiger partial charge in [0.05, 0.1) is 6.20 Å². The summed E-state index contributed by atoms with van der Waals surface area (Å²) in [5.74, 6) is -0.172. The summed E-state index contributed by atoms with van der Waals surface area (Å²) < 4.78 is 5.27. The van der Waals surface area contributed by atoms with E-state index in [4.69, 9.17) is 9.84 Å². The molecule has 1 heterocycles. The molecule has 4 nitrogen and oxygen atoms in total. The van der Waals surface area contributed by atoms with E-state index in [-0.39, 0.29) is 5.71 Å². The zero-order chi connectivity index (χ0) is 9.97. The minimum atomic E-state index is -1.07. The number of aliphatic carboxylic acids is 1. The molecule has 70 valence electrons. The molecule has 1 aromatic rings. The van der Waals surface area contributed by atoms with E-state index >= 15 is 0 Å². The van der Waals surface area contributed by atoms with Gasteiger partial charge in [-0.05, 0) is 12.1 Å². The molecule has 1 aliphatic rings. The largest absolute Gasteiger partial charge is 0.476 e. The Morgan fingerprint density at radius 3 is 2.50 bits per heavy atom. The fraction of sp³-hybridized carbons (Fsp3) is 0. The number of para-hydroxylation sites is 1. The lowest BCUT2D eigenvalue weighted by molar-refractivity contribution is -0.129. The van der Waals surface area contributed by atoms with Crippen molar-refractivity contribution in [1.29, 1.82) is 0 Å². The molecule has 0 aliphatic carbocycles. The smallest absolute Gasteiger partial charge is 0.358 e. The standard InChI is InChI=1S/C10H7NO3/c12-10(13)9-8(6-11-9)14-7-4-2-1-3-5-7/h1-6H,(H,12,13). The Kier molecular flexibility index (Phi) is 2.02. The molecule has 0 unspecified atom stereocenters. The van der Waals surface area contributed by atoms with Crippen LogP contribution in [-0.4, -0.2) is 16.8 Å². The Bertz CT molecular complexity index is 420. The van der Waals surface area contributed by atoms with Gasteiger partial charge in [0.25, 0.3) is 0 Å². The zero-order valence-electron chi connectivity index (χ0n) is 7.18. The van der Waals surface area contributed by atoms with Gasteiger partial charge in [0.2, 0.25) is 0 Å². The minimum absolute atomic E-state index is 0.0335. The van der Waals surface area contributed by atoms with Crippen LogP contribution in [0.2, 0.25) is 0 Å². The number of nitrogens with zero attached hydrogens (tertiary/aromatic N) is 1. The Hall–Kier alpha value is -2.10. The highest BCUT2D eigenvalue weighted by molar-refractivity contribution is 6.43. The molecule has 0 spiro atoms. The summed E-state index contributed by atoms with van der Waals surface area (Å²) in [6.45, 7) is 0. The van der Waals surface area contributed by atoms with Crippen LogP contribution in [0, 0.1) is 0 Å². The monoisotopic (exact) mass is 189 g/mol. The SMILES string of the molecule is O=C(O)C1=NC=C1Oc1ccccc1. The van der Waals surface area contributed by atoms with Gasteiger partial charge in [-0.1, -0.05) is 18.2 Å². The van der Waals surface area contributed by atoms with E-state index in [0.29, 0.717) is 11.5 Å². The first kappa shape index (κ1) is 8.50. The summed E-state index contributed by atoms with van der Waals surface area (Å²) in [4.78, 5) is 14.1. The van der Waals surface area contributed by atoms with E-state index in [1.54, 1.807) is 12.1 Å². The van der Waals surface area contributed by atoms with Crippen molar-refractivity contribution in [3.8, 4) is 5.75 Å². The van der Waals surface area contributed by atoms with E-state index in [1.807, 2.05) is 18.2 Å². The quantitative estimate of drug-likeness (QED) is 0.782. The molecule has 0 bridgehead atoms. The molecule has 0 atom stereocenters. The number of benzene rings is 1. The van der Waals surface area contributed by atoms with Crippen molar-refractivity contribution in [2.75, 3.05) is 0 Å². The summed E-state index contributed by atoms with van der Waals surface area (Å²) in [5.41, 5.74) is -0.0335. The molecule has 2 rings (SSSR count). The summed E-state index contributed by atoms with van der Waals surface area (Å²) >= 11 is 0. The van der Waals surface area contributed by atoms with Gasteiger partial charge in [0.15, 0.2) is 11.5 Å². The number of carboxylic acid groups (broad SMARTS) is 1. The van der Waals surface area contributed by atoms with Gasteiger partial charge < -0.3 is 9.84 Å². The molecule has 0 aromatic heterocycles. The van der Waals surface area contributed by atoms with Crippen LogP contribution < -0.4 is 4.74 Å². The summed E-state index contributed by atoms with van der Waals surface area (Å²) in [6, 6.07) is 8.98. The molecule has 0 radical (unpaired) electrons. The average Bonchev–Trinajstić information content (AvgIpc) is 2.13. The predicted octanol–water partition coefficient (Wildman–Crippen LogP) is 1.45. The van der Waals surface area contributed by atoms with Crippen LogP contribution in [0.5, 0.6) is 5.75 Å². The number of rotatable bonds is 3. The van der Waals surface area contributed by atoms with Gasteiger partial charge in [0, 0.05) is 0 Å². The van der Waals surface area contributed by atoms with Crippen LogP contribution in [0.4, 0.5) is 0 Å². The summed E-state index contributed by atoms with van der Waals surface area (Å²) in [6.07, 6.45) is 1.39. The van der Waals surface area contributed by atoms with Crippen molar-refractivity contribution in [3.63, 3.8) is 0 Å². The van der Waals surface area contributed by atoms with Crippen LogP contribution in [0.15, 0.2) is 47.3 Å². The second-order valence-corrected chi connectivity index (χ2v) is 2.69. The fourth-order valence-corrected chi connectivity index (χ4v) is 1.03. The third kappa shape index (κ3) is 1.50. The summed E-state index contributed by atoms with van der Waals surface area (Å²) in [5, 5.41) is 8.63. The molecule has 1 N–H and O–H groups in total. The molecule has 0 amide bonds. The highest BCUT2D eigenvalue weighted by Gasteiger charge is 2.23. The Balaban J connectivity index is 2.05. The van der Waals surface area contributed by atoms with Crippen LogP contribution in [0.25, 0.3) is 0 Å². The molecule has 1 aromatic carbocycles. The first-order valence-corrected chi connectivity index (χ1v) is 4.02. The van der Waals surface area contributed by atoms with Crippen molar-refractivity contribution >= 4 is 11.7 Å². The molecule has 1 aliphatic heterocycles. The predicted molar refractivity (Wildman–Crippen MR) is 50.2 cm³/mol. The third-order valence-corrected chi connectivity index (χ3v) is 1.72. The van der Waals surface area contributed by atoms with E-state index in [2.05, 4.69) is 4.99 Å². The molecular formula is C10H7NO3. The second-order valence-electron chi connectivity index (χ2n) is 2.69. The maximum atomic E-state index is 10.5. The number of hydrogen-bond donors (Lipinski definition) is 1. The molecular weight excluding hydrogens is 182 g/mol. The lowest BCUT2D eigenvalue weighted by Gasteiger charge is -2.13. The average molecular weight is 189 g/mol. The lowest BCUT2D eigenvalue weighted by Crippen LogP contribution is -2.23. The molecule has 4 heteroatoms. The Labute approximate surface area is 80.2 Å². The van der Waals surface area contributed by atoms with Crippen molar-refractivity contribution in [2.24, 2.45) is 4.99 Å².